The molecule has 0 unspecified atom stereocenters. The molecule has 0 bridgehead atoms. The van der Waals surface area contributed by atoms with Gasteiger partial charge in [0.1, 0.15) is 17.3 Å². The summed E-state index contributed by atoms with van der Waals surface area (Å²) < 4.78 is 1.72. The molecule has 0 aliphatic heterocycles. The molecule has 0 amide bonds. The third kappa shape index (κ3) is 2.22. The second kappa shape index (κ2) is 5.25. The number of aryl methyl sites for hydroxylation is 3. The van der Waals surface area contributed by atoms with Crippen molar-refractivity contribution in [1.82, 2.24) is 19.6 Å². The number of anilines is 1. The number of fused-ring (bicyclic) bond motifs is 1. The lowest BCUT2D eigenvalue weighted by molar-refractivity contribution is 0.898. The van der Waals surface area contributed by atoms with E-state index >= 15 is 0 Å². The Bertz CT molecular complexity index is 843. The molecule has 2 heterocycles. The van der Waals surface area contributed by atoms with Gasteiger partial charge in [-0.05, 0) is 37.5 Å². The fourth-order valence-corrected chi connectivity index (χ4v) is 3.26. The first-order valence-electron chi connectivity index (χ1n) is 7.05. The Hall–Kier alpha value is -2.14. The van der Waals surface area contributed by atoms with Crippen LogP contribution >= 0.6 is 11.6 Å². The lowest BCUT2D eigenvalue weighted by Gasteiger charge is -2.21. The Morgan fingerprint density at radius 3 is 2.27 bits per heavy atom. The van der Waals surface area contributed by atoms with Crippen LogP contribution in [-0.4, -0.2) is 33.7 Å². The topological polar surface area (TPSA) is 46.3 Å². The van der Waals surface area contributed by atoms with Gasteiger partial charge >= 0.3 is 0 Å². The first-order chi connectivity index (χ1) is 10.4. The van der Waals surface area contributed by atoms with Gasteiger partial charge in [-0.2, -0.15) is 19.6 Å². The molecule has 6 heteroatoms. The first kappa shape index (κ1) is 14.8. The highest BCUT2D eigenvalue weighted by molar-refractivity contribution is 6.33. The number of benzene rings is 1. The maximum Gasteiger partial charge on any atom is 0.255 e. The van der Waals surface area contributed by atoms with Crippen LogP contribution in [0.5, 0.6) is 0 Å². The van der Waals surface area contributed by atoms with Crippen LogP contribution in [-0.2, 0) is 0 Å². The minimum atomic E-state index is 0.444. The highest BCUT2D eigenvalue weighted by Gasteiger charge is 2.21. The molecule has 114 valence electrons. The van der Waals surface area contributed by atoms with Crippen LogP contribution in [0, 0.1) is 20.8 Å². The smallest absolute Gasteiger partial charge is 0.255 e. The summed E-state index contributed by atoms with van der Waals surface area (Å²) in [5.41, 5.74) is 5.56. The van der Waals surface area contributed by atoms with Crippen LogP contribution in [0.1, 0.15) is 16.7 Å². The zero-order valence-electron chi connectivity index (χ0n) is 13.3. The van der Waals surface area contributed by atoms with E-state index < -0.39 is 0 Å². The van der Waals surface area contributed by atoms with Gasteiger partial charge in [-0.3, -0.25) is 0 Å². The summed E-state index contributed by atoms with van der Waals surface area (Å²) in [6, 6.07) is 4.31. The largest absolute Gasteiger partial charge is 0.362 e. The molecule has 5 nitrogen and oxygen atoms in total. The molecule has 0 spiro atoms. The average Bonchev–Trinajstić information content (AvgIpc) is 2.84. The fourth-order valence-electron chi connectivity index (χ4n) is 3.01. The Morgan fingerprint density at radius 1 is 1.05 bits per heavy atom. The molecule has 0 aliphatic rings. The zero-order chi connectivity index (χ0) is 16.0. The van der Waals surface area contributed by atoms with Crippen molar-refractivity contribution in [3.05, 3.63) is 40.3 Å². The van der Waals surface area contributed by atoms with E-state index in [0.29, 0.717) is 10.9 Å². The van der Waals surface area contributed by atoms with Crippen molar-refractivity contribution in [1.29, 1.82) is 0 Å². The number of hydrogen-bond donors (Lipinski definition) is 0. The van der Waals surface area contributed by atoms with Gasteiger partial charge < -0.3 is 4.90 Å². The van der Waals surface area contributed by atoms with Gasteiger partial charge in [0.25, 0.3) is 5.78 Å². The van der Waals surface area contributed by atoms with E-state index in [1.807, 2.05) is 19.0 Å². The van der Waals surface area contributed by atoms with Crippen LogP contribution < -0.4 is 4.90 Å². The van der Waals surface area contributed by atoms with E-state index in [-0.39, 0.29) is 0 Å². The molecule has 3 rings (SSSR count). The molecule has 0 aliphatic carbocycles. The molecular formula is C16H18ClN5. The van der Waals surface area contributed by atoms with E-state index in [1.54, 1.807) is 4.52 Å². The van der Waals surface area contributed by atoms with Crippen molar-refractivity contribution in [3.63, 3.8) is 0 Å². The number of hydrogen-bond acceptors (Lipinski definition) is 4. The van der Waals surface area contributed by atoms with Gasteiger partial charge in [-0.15, -0.1) is 0 Å². The van der Waals surface area contributed by atoms with Crippen LogP contribution in [0.2, 0.25) is 5.15 Å². The third-order valence-electron chi connectivity index (χ3n) is 3.71. The number of rotatable bonds is 2. The van der Waals surface area contributed by atoms with Gasteiger partial charge in [0.15, 0.2) is 0 Å². The van der Waals surface area contributed by atoms with E-state index in [2.05, 4.69) is 48.0 Å². The van der Waals surface area contributed by atoms with Gasteiger partial charge in [0.2, 0.25) is 0 Å². The van der Waals surface area contributed by atoms with Gasteiger partial charge in [0.05, 0.1) is 5.56 Å². The van der Waals surface area contributed by atoms with E-state index in [4.69, 9.17) is 11.6 Å². The van der Waals surface area contributed by atoms with E-state index in [9.17, 15) is 0 Å². The third-order valence-corrected chi connectivity index (χ3v) is 3.98. The van der Waals surface area contributed by atoms with E-state index in [1.165, 1.54) is 23.0 Å². The normalized spacial score (nSPS) is 11.2. The van der Waals surface area contributed by atoms with Crippen molar-refractivity contribution >= 4 is 23.2 Å². The lowest BCUT2D eigenvalue weighted by Crippen LogP contribution is -2.16. The number of halogens is 1. The minimum Gasteiger partial charge on any atom is -0.362 e. The van der Waals surface area contributed by atoms with Crippen molar-refractivity contribution < 1.29 is 0 Å². The van der Waals surface area contributed by atoms with Crippen molar-refractivity contribution in [2.24, 2.45) is 0 Å². The highest BCUT2D eigenvalue weighted by atomic mass is 35.5. The molecule has 0 fully saturated rings. The summed E-state index contributed by atoms with van der Waals surface area (Å²) in [4.78, 5) is 10.5. The summed E-state index contributed by atoms with van der Waals surface area (Å²) >= 11 is 6.51. The minimum absolute atomic E-state index is 0.444. The second-order valence-electron chi connectivity index (χ2n) is 5.74. The number of aromatic nitrogens is 4. The monoisotopic (exact) mass is 315 g/mol. The Labute approximate surface area is 134 Å². The summed E-state index contributed by atoms with van der Waals surface area (Å²) in [7, 11) is 3.93. The van der Waals surface area contributed by atoms with Crippen molar-refractivity contribution in [3.8, 4) is 11.1 Å². The summed E-state index contributed by atoms with van der Waals surface area (Å²) in [6.45, 7) is 6.28. The molecule has 0 saturated carbocycles. The predicted octanol–water partition coefficient (Wildman–Crippen LogP) is 3.44. The molecule has 0 radical (unpaired) electrons. The lowest BCUT2D eigenvalue weighted by atomic mass is 9.94. The maximum atomic E-state index is 6.51. The predicted molar refractivity (Wildman–Crippen MR) is 89.8 cm³/mol. The second-order valence-corrected chi connectivity index (χ2v) is 6.10. The van der Waals surface area contributed by atoms with Crippen LogP contribution in [0.4, 0.5) is 5.82 Å². The molecule has 0 atom stereocenters. The Morgan fingerprint density at radius 2 is 1.68 bits per heavy atom. The van der Waals surface area contributed by atoms with Crippen LogP contribution in [0.3, 0.4) is 0 Å². The van der Waals surface area contributed by atoms with Crippen molar-refractivity contribution in [2.75, 3.05) is 19.0 Å². The zero-order valence-corrected chi connectivity index (χ0v) is 14.1. The summed E-state index contributed by atoms with van der Waals surface area (Å²) in [5.74, 6) is 1.38. The van der Waals surface area contributed by atoms with Gasteiger partial charge in [0, 0.05) is 14.1 Å². The average molecular weight is 316 g/mol. The van der Waals surface area contributed by atoms with Crippen LogP contribution in [0.25, 0.3) is 16.9 Å². The molecule has 3 aromatic rings. The molecule has 0 saturated heterocycles. The first-order valence-corrected chi connectivity index (χ1v) is 7.42. The van der Waals surface area contributed by atoms with Gasteiger partial charge in [-0.25, -0.2) is 0 Å². The quantitative estimate of drug-likeness (QED) is 0.680. The Kier molecular flexibility index (Phi) is 3.53. The van der Waals surface area contributed by atoms with E-state index in [0.717, 1.165) is 16.9 Å². The summed E-state index contributed by atoms with van der Waals surface area (Å²) in [6.07, 6.45) is 1.49. The van der Waals surface area contributed by atoms with Gasteiger partial charge in [-0.1, -0.05) is 29.3 Å². The SMILES string of the molecule is Cc1cc(C)c(-c2c(Cl)nc3ncnn3c2N(C)C)c(C)c1. The highest BCUT2D eigenvalue weighted by Crippen LogP contribution is 2.39. The van der Waals surface area contributed by atoms with Crippen LogP contribution in [0.15, 0.2) is 18.5 Å². The van der Waals surface area contributed by atoms with Crippen molar-refractivity contribution in [2.45, 2.75) is 20.8 Å². The molecule has 22 heavy (non-hydrogen) atoms. The molecule has 1 aromatic carbocycles. The standard InChI is InChI=1S/C16H18ClN5/c1-9-6-10(2)12(11(3)7-9)13-14(17)20-16-18-8-19-22(16)15(13)21(4)5/h6-8H,1-5H3. The molecular weight excluding hydrogens is 298 g/mol. The molecule has 2 aromatic heterocycles. The Balaban J connectivity index is 2.45. The number of nitrogens with zero attached hydrogens (tertiary/aromatic N) is 5. The molecule has 0 N–H and O–H groups in total. The fraction of sp³-hybridized carbons (Fsp3) is 0.312. The summed E-state index contributed by atoms with van der Waals surface area (Å²) in [5, 5.41) is 4.73. The maximum absolute atomic E-state index is 6.51.